The molecule has 0 aliphatic carbocycles. The minimum atomic E-state index is -0.328. The predicted octanol–water partition coefficient (Wildman–Crippen LogP) is 6.48. The minimum absolute atomic E-state index is 0.328. The number of para-hydroxylation sites is 1. The van der Waals surface area contributed by atoms with E-state index in [1.165, 1.54) is 21.8 Å². The molecule has 0 atom stereocenters. The molecule has 0 bridgehead atoms. The Labute approximate surface area is 188 Å². The molecule has 32 heavy (non-hydrogen) atoms. The van der Waals surface area contributed by atoms with Crippen LogP contribution in [-0.4, -0.2) is 16.8 Å². The molecule has 0 fully saturated rings. The van der Waals surface area contributed by atoms with Crippen molar-refractivity contribution in [3.63, 3.8) is 0 Å². The van der Waals surface area contributed by atoms with E-state index in [2.05, 4.69) is 36.2 Å². The van der Waals surface area contributed by atoms with Crippen molar-refractivity contribution >= 4 is 49.3 Å². The Hall–Kier alpha value is -3.83. The molecule has 0 spiro atoms. The van der Waals surface area contributed by atoms with Crippen LogP contribution in [-0.2, 0) is 6.42 Å². The fraction of sp³-hybridized carbons (Fsp3) is 0.0741. The first-order chi connectivity index (χ1) is 15.7. The number of fused-ring (bicyclic) bond motifs is 1. The van der Waals surface area contributed by atoms with Crippen LogP contribution >= 0.6 is 11.3 Å². The van der Waals surface area contributed by atoms with Gasteiger partial charge in [-0.1, -0.05) is 72.9 Å². The van der Waals surface area contributed by atoms with Crippen molar-refractivity contribution in [2.45, 2.75) is 13.3 Å². The number of rotatable bonds is 3. The number of carbonyl (C=O) groups excluding carboxylic acids is 2. The summed E-state index contributed by atoms with van der Waals surface area (Å²) in [4.78, 5) is 32.8. The molecule has 4 aromatic carbocycles. The quantitative estimate of drug-likeness (QED) is 0.305. The molecule has 0 radical (unpaired) electrons. The van der Waals surface area contributed by atoms with E-state index in [0.717, 1.165) is 38.5 Å². The van der Waals surface area contributed by atoms with Crippen LogP contribution in [0.2, 0.25) is 0 Å². The number of anilines is 1. The van der Waals surface area contributed by atoms with Crippen molar-refractivity contribution in [1.82, 2.24) is 4.98 Å². The number of carbonyl (C=O) groups is 2. The summed E-state index contributed by atoms with van der Waals surface area (Å²) in [7, 11) is 0. The van der Waals surface area contributed by atoms with Crippen LogP contribution in [0.5, 0.6) is 0 Å². The number of thiazole rings is 1. The summed E-state index contributed by atoms with van der Waals surface area (Å²) in [6.45, 7) is 2.13. The first kappa shape index (κ1) is 18.9. The molecule has 2 amide bonds. The highest BCUT2D eigenvalue weighted by Crippen LogP contribution is 2.39. The maximum absolute atomic E-state index is 13.5. The maximum atomic E-state index is 13.5. The number of hydrogen-bond acceptors (Lipinski definition) is 4. The second kappa shape index (κ2) is 7.11. The predicted molar refractivity (Wildman–Crippen MR) is 130 cm³/mol. The number of aromatic nitrogens is 1. The van der Waals surface area contributed by atoms with Gasteiger partial charge in [-0.3, -0.25) is 9.59 Å². The van der Waals surface area contributed by atoms with E-state index in [1.807, 2.05) is 48.5 Å². The Morgan fingerprint density at radius 3 is 2.25 bits per heavy atom. The maximum Gasteiger partial charge on any atom is 0.267 e. The van der Waals surface area contributed by atoms with Gasteiger partial charge in [0.25, 0.3) is 11.8 Å². The number of hydrogen-bond donors (Lipinski definition) is 0. The van der Waals surface area contributed by atoms with Crippen LogP contribution in [0.1, 0.15) is 33.2 Å². The molecule has 5 heteroatoms. The van der Waals surface area contributed by atoms with Crippen LogP contribution < -0.4 is 4.90 Å². The molecular formula is C27H18N2O2S. The summed E-state index contributed by atoms with van der Waals surface area (Å²) >= 11 is 1.35. The number of benzene rings is 4. The minimum Gasteiger partial charge on any atom is -0.268 e. The largest absolute Gasteiger partial charge is 0.268 e. The van der Waals surface area contributed by atoms with Gasteiger partial charge in [0.15, 0.2) is 0 Å². The highest BCUT2D eigenvalue weighted by atomic mass is 32.1. The molecule has 1 aliphatic heterocycles. The molecule has 1 aliphatic rings. The van der Waals surface area contributed by atoms with Crippen molar-refractivity contribution in [1.29, 1.82) is 0 Å². The zero-order valence-corrected chi connectivity index (χ0v) is 18.1. The molecule has 0 unspecified atom stereocenters. The standard InChI is InChI=1S/C27H18N2O2S/c1-2-16-10-12-17(13-11-16)18-14-15-21-24-19(18)6-5-7-20(24)25(30)29(26(21)31)27-28-22-8-3-4-9-23(22)32-27/h3-15H,2H2,1H3. The third kappa shape index (κ3) is 2.71. The van der Waals surface area contributed by atoms with E-state index in [-0.39, 0.29) is 11.8 Å². The van der Waals surface area contributed by atoms with Crippen molar-refractivity contribution < 1.29 is 9.59 Å². The molecule has 0 saturated heterocycles. The van der Waals surface area contributed by atoms with Crippen molar-refractivity contribution in [2.24, 2.45) is 0 Å². The van der Waals surface area contributed by atoms with Gasteiger partial charge in [0.1, 0.15) is 0 Å². The summed E-state index contributed by atoms with van der Waals surface area (Å²) in [5, 5.41) is 2.04. The lowest BCUT2D eigenvalue weighted by Crippen LogP contribution is -2.40. The van der Waals surface area contributed by atoms with Gasteiger partial charge < -0.3 is 0 Å². The topological polar surface area (TPSA) is 50.3 Å². The molecular weight excluding hydrogens is 416 g/mol. The first-order valence-electron chi connectivity index (χ1n) is 10.5. The fourth-order valence-corrected chi connectivity index (χ4v) is 5.36. The van der Waals surface area contributed by atoms with E-state index in [4.69, 9.17) is 0 Å². The Bertz CT molecular complexity index is 1490. The average molecular weight is 435 g/mol. The SMILES string of the molecule is CCc1ccc(-c2ccc3c4c(cccc24)C(=O)N(c2nc4ccccc4s2)C3=O)cc1. The highest BCUT2D eigenvalue weighted by molar-refractivity contribution is 7.22. The third-order valence-corrected chi connectivity index (χ3v) is 7.08. The molecule has 2 heterocycles. The van der Waals surface area contributed by atoms with Crippen LogP contribution in [0.25, 0.3) is 32.1 Å². The zero-order chi connectivity index (χ0) is 21.8. The normalized spacial score (nSPS) is 13.3. The molecule has 0 N–H and O–H groups in total. The smallest absolute Gasteiger partial charge is 0.267 e. The Morgan fingerprint density at radius 2 is 1.50 bits per heavy atom. The van der Waals surface area contributed by atoms with Gasteiger partial charge in [0.2, 0.25) is 5.13 Å². The lowest BCUT2D eigenvalue weighted by atomic mass is 9.89. The van der Waals surface area contributed by atoms with Gasteiger partial charge in [-0.2, -0.15) is 0 Å². The first-order valence-corrected chi connectivity index (χ1v) is 11.4. The van der Waals surface area contributed by atoms with Crippen molar-refractivity contribution in [3.8, 4) is 11.1 Å². The van der Waals surface area contributed by atoms with E-state index >= 15 is 0 Å². The number of amides is 2. The van der Waals surface area contributed by atoms with Gasteiger partial charge in [-0.15, -0.1) is 0 Å². The van der Waals surface area contributed by atoms with E-state index in [1.54, 1.807) is 6.07 Å². The van der Waals surface area contributed by atoms with Gasteiger partial charge in [0, 0.05) is 16.5 Å². The van der Waals surface area contributed by atoms with E-state index < -0.39 is 0 Å². The molecule has 5 aromatic rings. The fourth-order valence-electron chi connectivity index (χ4n) is 4.40. The lowest BCUT2D eigenvalue weighted by molar-refractivity contribution is 0.0893. The highest BCUT2D eigenvalue weighted by Gasteiger charge is 2.36. The van der Waals surface area contributed by atoms with E-state index in [9.17, 15) is 9.59 Å². The molecule has 0 saturated carbocycles. The van der Waals surface area contributed by atoms with Crippen LogP contribution in [0.3, 0.4) is 0 Å². The second-order valence-electron chi connectivity index (χ2n) is 7.85. The van der Waals surface area contributed by atoms with Gasteiger partial charge in [-0.25, -0.2) is 9.88 Å². The summed E-state index contributed by atoms with van der Waals surface area (Å²) in [6, 6.07) is 25.6. The molecule has 4 nitrogen and oxygen atoms in total. The van der Waals surface area contributed by atoms with Crippen LogP contribution in [0, 0.1) is 0 Å². The zero-order valence-electron chi connectivity index (χ0n) is 17.3. The Kier molecular flexibility index (Phi) is 4.20. The molecule has 154 valence electrons. The van der Waals surface area contributed by atoms with Crippen molar-refractivity contribution in [2.75, 3.05) is 4.90 Å². The van der Waals surface area contributed by atoms with E-state index in [0.29, 0.717) is 16.3 Å². The van der Waals surface area contributed by atoms with Gasteiger partial charge >= 0.3 is 0 Å². The van der Waals surface area contributed by atoms with Crippen LogP contribution in [0.4, 0.5) is 5.13 Å². The Morgan fingerprint density at radius 1 is 0.781 bits per heavy atom. The summed E-state index contributed by atoms with van der Waals surface area (Å²) in [5.41, 5.74) is 5.20. The number of nitrogens with zero attached hydrogens (tertiary/aromatic N) is 2. The second-order valence-corrected chi connectivity index (χ2v) is 8.86. The molecule has 1 aromatic heterocycles. The summed E-state index contributed by atoms with van der Waals surface area (Å²) in [6.07, 6.45) is 0.981. The third-order valence-electron chi connectivity index (χ3n) is 6.05. The van der Waals surface area contributed by atoms with Crippen LogP contribution in [0.15, 0.2) is 78.9 Å². The lowest BCUT2D eigenvalue weighted by Gasteiger charge is -2.26. The summed E-state index contributed by atoms with van der Waals surface area (Å²) < 4.78 is 0.943. The number of imide groups is 1. The molecule has 6 rings (SSSR count). The monoisotopic (exact) mass is 434 g/mol. The van der Waals surface area contributed by atoms with Crippen molar-refractivity contribution in [3.05, 3.63) is 95.6 Å². The number of aryl methyl sites for hydroxylation is 1. The Balaban J connectivity index is 1.53. The van der Waals surface area contributed by atoms with Gasteiger partial charge in [0.05, 0.1) is 10.2 Å². The average Bonchev–Trinajstić information content (AvgIpc) is 3.26. The summed E-state index contributed by atoms with van der Waals surface area (Å²) in [5.74, 6) is -0.656. The van der Waals surface area contributed by atoms with Gasteiger partial charge in [-0.05, 0) is 52.8 Å².